The molecule has 0 unspecified atom stereocenters. The number of amides is 1. The van der Waals surface area contributed by atoms with E-state index >= 15 is 0 Å². The van der Waals surface area contributed by atoms with Gasteiger partial charge in [0.25, 0.3) is 0 Å². The molecular formula is C8H14N2O3. The van der Waals surface area contributed by atoms with Gasteiger partial charge < -0.3 is 5.11 Å². The first-order valence-corrected chi connectivity index (χ1v) is 4.42. The van der Waals surface area contributed by atoms with Crippen molar-refractivity contribution in [1.29, 1.82) is 0 Å². The molecule has 5 nitrogen and oxygen atoms in total. The Hall–Kier alpha value is -1.10. The zero-order valence-corrected chi connectivity index (χ0v) is 7.69. The standard InChI is InChI=1S/C8H14N2O3/c1-2-9-5-3-7(11)10(9)6-4-8(12)13/h2-6H2,1H3,(H,12,13). The lowest BCUT2D eigenvalue weighted by Gasteiger charge is -2.25. The highest BCUT2D eigenvalue weighted by atomic mass is 16.4. The molecule has 0 aromatic rings. The SMILES string of the molecule is CCN1CCC(=O)N1CCC(=O)O. The molecule has 1 aliphatic rings. The van der Waals surface area contributed by atoms with Crippen LogP contribution in [-0.4, -0.2) is 46.6 Å². The maximum absolute atomic E-state index is 11.2. The van der Waals surface area contributed by atoms with Crippen molar-refractivity contribution in [3.05, 3.63) is 0 Å². The Balaban J connectivity index is 2.45. The largest absolute Gasteiger partial charge is 0.481 e. The molecule has 1 heterocycles. The average molecular weight is 186 g/mol. The van der Waals surface area contributed by atoms with Crippen LogP contribution in [0, 0.1) is 0 Å². The minimum atomic E-state index is -0.865. The third kappa shape index (κ3) is 2.42. The number of aliphatic carboxylic acids is 1. The second kappa shape index (κ2) is 4.23. The van der Waals surface area contributed by atoms with Crippen LogP contribution >= 0.6 is 0 Å². The van der Waals surface area contributed by atoms with E-state index in [2.05, 4.69) is 0 Å². The molecule has 0 radical (unpaired) electrons. The summed E-state index contributed by atoms with van der Waals surface area (Å²) >= 11 is 0. The van der Waals surface area contributed by atoms with Crippen molar-refractivity contribution in [2.24, 2.45) is 0 Å². The molecule has 1 amide bonds. The van der Waals surface area contributed by atoms with Crippen molar-refractivity contribution in [1.82, 2.24) is 10.0 Å². The summed E-state index contributed by atoms with van der Waals surface area (Å²) in [6.07, 6.45) is 0.524. The predicted molar refractivity (Wildman–Crippen MR) is 45.8 cm³/mol. The van der Waals surface area contributed by atoms with E-state index < -0.39 is 5.97 Å². The Morgan fingerprint density at radius 1 is 1.62 bits per heavy atom. The number of carbonyl (C=O) groups is 2. The molecule has 1 fully saturated rings. The number of nitrogens with zero attached hydrogens (tertiary/aromatic N) is 2. The van der Waals surface area contributed by atoms with Crippen LogP contribution in [0.25, 0.3) is 0 Å². The highest BCUT2D eigenvalue weighted by molar-refractivity contribution is 5.78. The second-order valence-corrected chi connectivity index (χ2v) is 2.96. The van der Waals surface area contributed by atoms with Gasteiger partial charge in [0.2, 0.25) is 5.91 Å². The highest BCUT2D eigenvalue weighted by Crippen LogP contribution is 2.11. The number of carboxylic acid groups (broad SMARTS) is 1. The summed E-state index contributed by atoms with van der Waals surface area (Å²) in [6, 6.07) is 0. The lowest BCUT2D eigenvalue weighted by atomic mass is 10.4. The molecule has 0 saturated carbocycles. The maximum Gasteiger partial charge on any atom is 0.305 e. The van der Waals surface area contributed by atoms with Gasteiger partial charge in [0.05, 0.1) is 6.42 Å². The topological polar surface area (TPSA) is 60.9 Å². The van der Waals surface area contributed by atoms with Crippen molar-refractivity contribution in [3.8, 4) is 0 Å². The molecule has 1 saturated heterocycles. The van der Waals surface area contributed by atoms with Crippen molar-refractivity contribution in [2.45, 2.75) is 19.8 Å². The number of hydrogen-bond donors (Lipinski definition) is 1. The third-order valence-electron chi connectivity index (χ3n) is 2.12. The fourth-order valence-corrected chi connectivity index (χ4v) is 1.43. The van der Waals surface area contributed by atoms with Gasteiger partial charge in [-0.2, -0.15) is 0 Å². The van der Waals surface area contributed by atoms with Gasteiger partial charge in [0, 0.05) is 26.1 Å². The molecule has 0 atom stereocenters. The van der Waals surface area contributed by atoms with Crippen molar-refractivity contribution < 1.29 is 14.7 Å². The van der Waals surface area contributed by atoms with E-state index in [1.807, 2.05) is 11.9 Å². The minimum Gasteiger partial charge on any atom is -0.481 e. The lowest BCUT2D eigenvalue weighted by molar-refractivity contribution is -0.142. The fourth-order valence-electron chi connectivity index (χ4n) is 1.43. The van der Waals surface area contributed by atoms with Crippen molar-refractivity contribution >= 4 is 11.9 Å². The molecule has 1 N–H and O–H groups in total. The molecule has 0 bridgehead atoms. The van der Waals surface area contributed by atoms with Crippen LogP contribution in [0.2, 0.25) is 0 Å². The highest BCUT2D eigenvalue weighted by Gasteiger charge is 2.27. The zero-order valence-electron chi connectivity index (χ0n) is 7.69. The molecule has 5 heteroatoms. The average Bonchev–Trinajstić information content (AvgIpc) is 2.43. The van der Waals surface area contributed by atoms with E-state index in [1.54, 1.807) is 0 Å². The molecular weight excluding hydrogens is 172 g/mol. The first-order valence-electron chi connectivity index (χ1n) is 4.42. The molecule has 0 aromatic carbocycles. The van der Waals surface area contributed by atoms with Gasteiger partial charge in [-0.3, -0.25) is 14.6 Å². The Bertz CT molecular complexity index is 217. The fraction of sp³-hybridized carbons (Fsp3) is 0.750. The molecule has 0 aromatic heterocycles. The molecule has 74 valence electrons. The summed E-state index contributed by atoms with van der Waals surface area (Å²) in [5.74, 6) is -0.834. The normalized spacial score (nSPS) is 18.2. The Labute approximate surface area is 76.9 Å². The smallest absolute Gasteiger partial charge is 0.305 e. The second-order valence-electron chi connectivity index (χ2n) is 2.96. The maximum atomic E-state index is 11.2. The summed E-state index contributed by atoms with van der Waals surface area (Å²) in [4.78, 5) is 21.5. The first-order chi connectivity index (χ1) is 6.15. The first kappa shape index (κ1) is 9.98. The number of hydrogen-bond acceptors (Lipinski definition) is 3. The van der Waals surface area contributed by atoms with Crippen LogP contribution in [0.4, 0.5) is 0 Å². The van der Waals surface area contributed by atoms with Gasteiger partial charge in [-0.25, -0.2) is 5.01 Å². The summed E-state index contributed by atoms with van der Waals surface area (Å²) in [6.45, 7) is 3.72. The van der Waals surface area contributed by atoms with E-state index in [9.17, 15) is 9.59 Å². The molecule has 0 aliphatic carbocycles. The van der Waals surface area contributed by atoms with Crippen LogP contribution in [0.5, 0.6) is 0 Å². The predicted octanol–water partition coefficient (Wildman–Crippen LogP) is -0.0697. The van der Waals surface area contributed by atoms with Gasteiger partial charge in [-0.1, -0.05) is 6.92 Å². The number of carbonyl (C=O) groups excluding carboxylic acids is 1. The van der Waals surface area contributed by atoms with E-state index in [-0.39, 0.29) is 12.3 Å². The summed E-state index contributed by atoms with van der Waals surface area (Å²) in [5, 5.41) is 11.9. The summed E-state index contributed by atoms with van der Waals surface area (Å²) in [7, 11) is 0. The van der Waals surface area contributed by atoms with Crippen molar-refractivity contribution in [3.63, 3.8) is 0 Å². The van der Waals surface area contributed by atoms with Gasteiger partial charge in [-0.15, -0.1) is 0 Å². The quantitative estimate of drug-likeness (QED) is 0.667. The molecule has 1 rings (SSSR count). The van der Waals surface area contributed by atoms with Crippen LogP contribution in [0.3, 0.4) is 0 Å². The van der Waals surface area contributed by atoms with Crippen molar-refractivity contribution in [2.75, 3.05) is 19.6 Å². The monoisotopic (exact) mass is 186 g/mol. The van der Waals surface area contributed by atoms with Crippen LogP contribution in [-0.2, 0) is 9.59 Å². The van der Waals surface area contributed by atoms with Crippen LogP contribution in [0.1, 0.15) is 19.8 Å². The Morgan fingerprint density at radius 2 is 2.31 bits per heavy atom. The van der Waals surface area contributed by atoms with E-state index in [0.29, 0.717) is 13.0 Å². The molecule has 1 aliphatic heterocycles. The van der Waals surface area contributed by atoms with E-state index in [1.165, 1.54) is 5.01 Å². The summed E-state index contributed by atoms with van der Waals surface area (Å²) in [5.41, 5.74) is 0. The van der Waals surface area contributed by atoms with Crippen LogP contribution in [0.15, 0.2) is 0 Å². The minimum absolute atomic E-state index is 0.0161. The van der Waals surface area contributed by atoms with E-state index in [0.717, 1.165) is 13.1 Å². The summed E-state index contributed by atoms with van der Waals surface area (Å²) < 4.78 is 0. The number of rotatable bonds is 4. The molecule has 0 spiro atoms. The van der Waals surface area contributed by atoms with Gasteiger partial charge in [0.15, 0.2) is 0 Å². The van der Waals surface area contributed by atoms with E-state index in [4.69, 9.17) is 5.11 Å². The van der Waals surface area contributed by atoms with Crippen LogP contribution < -0.4 is 0 Å². The zero-order chi connectivity index (χ0) is 9.84. The van der Waals surface area contributed by atoms with Gasteiger partial charge >= 0.3 is 5.97 Å². The Kier molecular flexibility index (Phi) is 3.25. The van der Waals surface area contributed by atoms with Gasteiger partial charge in [0.1, 0.15) is 0 Å². The number of carboxylic acids is 1. The lowest BCUT2D eigenvalue weighted by Crippen LogP contribution is -2.40. The molecule has 13 heavy (non-hydrogen) atoms. The Morgan fingerprint density at radius 3 is 2.85 bits per heavy atom. The third-order valence-corrected chi connectivity index (χ3v) is 2.12. The van der Waals surface area contributed by atoms with Gasteiger partial charge in [-0.05, 0) is 0 Å². The number of hydrazine groups is 1.